The van der Waals surface area contributed by atoms with Crippen LogP contribution in [0.1, 0.15) is 18.9 Å². The maximum atomic E-state index is 5.20. The number of halogens is 1. The van der Waals surface area contributed by atoms with Crippen molar-refractivity contribution in [3.8, 4) is 5.75 Å². The van der Waals surface area contributed by atoms with Crippen LogP contribution < -0.4 is 10.1 Å². The van der Waals surface area contributed by atoms with Crippen molar-refractivity contribution in [1.82, 2.24) is 5.32 Å². The Kier molecular flexibility index (Phi) is 3.32. The molecular formula is C12H16BrNO. The molecule has 1 N–H and O–H groups in total. The molecule has 0 heterocycles. The molecular weight excluding hydrogens is 254 g/mol. The quantitative estimate of drug-likeness (QED) is 0.908. The van der Waals surface area contributed by atoms with Gasteiger partial charge in [-0.3, -0.25) is 0 Å². The van der Waals surface area contributed by atoms with E-state index in [0.29, 0.717) is 6.04 Å². The van der Waals surface area contributed by atoms with Crippen LogP contribution in [0.4, 0.5) is 0 Å². The lowest BCUT2D eigenvalue weighted by atomic mass is 10.2. The van der Waals surface area contributed by atoms with E-state index >= 15 is 0 Å². The van der Waals surface area contributed by atoms with Gasteiger partial charge in [-0.2, -0.15) is 0 Å². The van der Waals surface area contributed by atoms with Gasteiger partial charge in [0.25, 0.3) is 0 Å². The van der Waals surface area contributed by atoms with Crippen molar-refractivity contribution in [2.75, 3.05) is 7.11 Å². The normalized spacial score (nSPS) is 23.9. The van der Waals surface area contributed by atoms with Gasteiger partial charge in [-0.25, -0.2) is 0 Å². The second-order valence-corrected chi connectivity index (χ2v) is 5.01. The molecule has 82 valence electrons. The third-order valence-electron chi connectivity index (χ3n) is 2.92. The molecule has 2 nitrogen and oxygen atoms in total. The summed E-state index contributed by atoms with van der Waals surface area (Å²) in [7, 11) is 1.70. The number of rotatable bonds is 4. The highest BCUT2D eigenvalue weighted by Gasteiger charge is 2.31. The van der Waals surface area contributed by atoms with Crippen molar-refractivity contribution in [2.24, 2.45) is 5.92 Å². The molecule has 1 aliphatic rings. The average Bonchev–Trinajstić information content (AvgIpc) is 2.94. The van der Waals surface area contributed by atoms with Crippen LogP contribution in [0.2, 0.25) is 0 Å². The Morgan fingerprint density at radius 1 is 1.53 bits per heavy atom. The highest BCUT2D eigenvalue weighted by Crippen LogP contribution is 2.30. The monoisotopic (exact) mass is 269 g/mol. The van der Waals surface area contributed by atoms with Gasteiger partial charge in [-0.1, -0.05) is 22.9 Å². The summed E-state index contributed by atoms with van der Waals surface area (Å²) in [6, 6.07) is 6.78. The zero-order valence-corrected chi connectivity index (χ0v) is 10.7. The lowest BCUT2D eigenvalue weighted by Crippen LogP contribution is -2.17. The largest absolute Gasteiger partial charge is 0.497 e. The van der Waals surface area contributed by atoms with Gasteiger partial charge in [0.15, 0.2) is 0 Å². The van der Waals surface area contributed by atoms with Crippen LogP contribution in [0.15, 0.2) is 22.7 Å². The van der Waals surface area contributed by atoms with Gasteiger partial charge in [0, 0.05) is 17.1 Å². The first-order valence-corrected chi connectivity index (χ1v) is 6.06. The van der Waals surface area contributed by atoms with E-state index in [-0.39, 0.29) is 0 Å². The summed E-state index contributed by atoms with van der Waals surface area (Å²) < 4.78 is 6.35. The molecule has 1 aliphatic carbocycles. The van der Waals surface area contributed by atoms with Crippen LogP contribution >= 0.6 is 15.9 Å². The van der Waals surface area contributed by atoms with Crippen molar-refractivity contribution in [3.63, 3.8) is 0 Å². The summed E-state index contributed by atoms with van der Waals surface area (Å²) in [4.78, 5) is 0. The van der Waals surface area contributed by atoms with Gasteiger partial charge in [0.05, 0.1) is 7.11 Å². The van der Waals surface area contributed by atoms with Gasteiger partial charge >= 0.3 is 0 Å². The third kappa shape index (κ3) is 2.73. The molecule has 0 aromatic heterocycles. The second kappa shape index (κ2) is 4.54. The summed E-state index contributed by atoms with van der Waals surface area (Å²) in [6.45, 7) is 3.19. The van der Waals surface area contributed by atoms with Crippen molar-refractivity contribution in [1.29, 1.82) is 0 Å². The van der Waals surface area contributed by atoms with E-state index < -0.39 is 0 Å². The molecule has 2 rings (SSSR count). The van der Waals surface area contributed by atoms with Gasteiger partial charge in [0.1, 0.15) is 5.75 Å². The van der Waals surface area contributed by atoms with Gasteiger partial charge in [-0.05, 0) is 36.1 Å². The van der Waals surface area contributed by atoms with E-state index in [1.807, 2.05) is 12.1 Å². The van der Waals surface area contributed by atoms with Crippen molar-refractivity contribution in [2.45, 2.75) is 25.9 Å². The van der Waals surface area contributed by atoms with E-state index in [1.54, 1.807) is 7.11 Å². The summed E-state index contributed by atoms with van der Waals surface area (Å²) in [5, 5.41) is 3.53. The summed E-state index contributed by atoms with van der Waals surface area (Å²) in [5.74, 6) is 1.76. The fourth-order valence-corrected chi connectivity index (χ4v) is 2.05. The summed E-state index contributed by atoms with van der Waals surface area (Å²) in [5.41, 5.74) is 1.26. The van der Waals surface area contributed by atoms with Gasteiger partial charge in [0.2, 0.25) is 0 Å². The molecule has 1 aromatic carbocycles. The Hall–Kier alpha value is -0.540. The van der Waals surface area contributed by atoms with Crippen LogP contribution in [0.3, 0.4) is 0 Å². The maximum Gasteiger partial charge on any atom is 0.119 e. The van der Waals surface area contributed by atoms with E-state index in [1.165, 1.54) is 12.0 Å². The van der Waals surface area contributed by atoms with Gasteiger partial charge < -0.3 is 10.1 Å². The molecule has 2 unspecified atom stereocenters. The average molecular weight is 270 g/mol. The fraction of sp³-hybridized carbons (Fsp3) is 0.500. The molecule has 0 radical (unpaired) electrons. The standard InChI is InChI=1S/C12H16BrNO/c1-8-5-12(8)14-7-9-6-10(15-2)3-4-11(9)13/h3-4,6,8,12,14H,5,7H2,1-2H3. The van der Waals surface area contributed by atoms with E-state index in [9.17, 15) is 0 Å². The fourth-order valence-electron chi connectivity index (χ4n) is 1.66. The molecule has 1 fully saturated rings. The smallest absolute Gasteiger partial charge is 0.119 e. The van der Waals surface area contributed by atoms with E-state index in [0.717, 1.165) is 22.7 Å². The van der Waals surface area contributed by atoms with Crippen LogP contribution in [0.5, 0.6) is 5.75 Å². The topological polar surface area (TPSA) is 21.3 Å². The molecule has 0 aliphatic heterocycles. The zero-order chi connectivity index (χ0) is 10.8. The molecule has 1 aromatic rings. The number of ether oxygens (including phenoxy) is 1. The first-order valence-electron chi connectivity index (χ1n) is 5.26. The van der Waals surface area contributed by atoms with Crippen LogP contribution in [-0.4, -0.2) is 13.2 Å². The molecule has 2 atom stereocenters. The number of hydrogen-bond acceptors (Lipinski definition) is 2. The molecule has 1 saturated carbocycles. The Balaban J connectivity index is 1.99. The predicted octanol–water partition coefficient (Wildman–Crippen LogP) is 2.96. The first kappa shape index (κ1) is 11.0. The molecule has 0 spiro atoms. The third-order valence-corrected chi connectivity index (χ3v) is 3.69. The molecule has 0 amide bonds. The Labute approximate surface area is 99.1 Å². The van der Waals surface area contributed by atoms with E-state index in [4.69, 9.17) is 4.74 Å². The van der Waals surface area contributed by atoms with Crippen LogP contribution in [0, 0.1) is 5.92 Å². The minimum Gasteiger partial charge on any atom is -0.497 e. The Bertz CT molecular complexity index is 353. The highest BCUT2D eigenvalue weighted by atomic mass is 79.9. The molecule has 15 heavy (non-hydrogen) atoms. The van der Waals surface area contributed by atoms with E-state index in [2.05, 4.69) is 34.2 Å². The lowest BCUT2D eigenvalue weighted by Gasteiger charge is -2.08. The van der Waals surface area contributed by atoms with Crippen molar-refractivity contribution < 1.29 is 4.74 Å². The Morgan fingerprint density at radius 2 is 2.27 bits per heavy atom. The van der Waals surface area contributed by atoms with Crippen molar-refractivity contribution >= 4 is 15.9 Å². The van der Waals surface area contributed by atoms with Gasteiger partial charge in [-0.15, -0.1) is 0 Å². The zero-order valence-electron chi connectivity index (χ0n) is 9.09. The number of hydrogen-bond donors (Lipinski definition) is 1. The summed E-state index contributed by atoms with van der Waals surface area (Å²) in [6.07, 6.45) is 1.31. The molecule has 3 heteroatoms. The first-order chi connectivity index (χ1) is 7.20. The van der Waals surface area contributed by atoms with Crippen LogP contribution in [0.25, 0.3) is 0 Å². The van der Waals surface area contributed by atoms with Crippen LogP contribution in [-0.2, 0) is 6.54 Å². The minimum atomic E-state index is 0.711. The number of benzene rings is 1. The molecule has 0 saturated heterocycles. The predicted molar refractivity (Wildman–Crippen MR) is 65.1 cm³/mol. The highest BCUT2D eigenvalue weighted by molar-refractivity contribution is 9.10. The SMILES string of the molecule is COc1ccc(Br)c(CNC2CC2C)c1. The Morgan fingerprint density at radius 3 is 2.87 bits per heavy atom. The number of methoxy groups -OCH3 is 1. The second-order valence-electron chi connectivity index (χ2n) is 4.16. The summed E-state index contributed by atoms with van der Waals surface area (Å²) >= 11 is 3.55. The minimum absolute atomic E-state index is 0.711. The molecule has 0 bridgehead atoms. The maximum absolute atomic E-state index is 5.20. The lowest BCUT2D eigenvalue weighted by molar-refractivity contribution is 0.414. The number of nitrogens with one attached hydrogen (secondary N) is 1. The van der Waals surface area contributed by atoms with Crippen molar-refractivity contribution in [3.05, 3.63) is 28.2 Å².